The number of nitrogens with zero attached hydrogens (tertiary/aromatic N) is 3. The maximum atomic E-state index is 11.2. The molecule has 2 aliphatic rings. The number of carbonyl (C=O) groups is 1. The zero-order chi connectivity index (χ0) is 22.0. The SMILES string of the molecule is CC(=O)Nc1ccc(-c2ccc(CC3C[C@@H]4CN(CCC(C)(C)C)C[C@@H]4C3)nn2)cc1. The van der Waals surface area contributed by atoms with Gasteiger partial charge in [0.2, 0.25) is 5.91 Å². The molecule has 4 rings (SSSR count). The van der Waals surface area contributed by atoms with Crippen molar-refractivity contribution in [3.05, 3.63) is 42.1 Å². The number of anilines is 1. The van der Waals surface area contributed by atoms with E-state index in [2.05, 4.69) is 53.3 Å². The molecule has 0 spiro atoms. The normalized spacial score (nSPS) is 23.7. The second kappa shape index (κ2) is 9.07. The lowest BCUT2D eigenvalue weighted by molar-refractivity contribution is -0.114. The van der Waals surface area contributed by atoms with Gasteiger partial charge in [-0.3, -0.25) is 4.79 Å². The summed E-state index contributed by atoms with van der Waals surface area (Å²) in [4.78, 5) is 13.9. The number of likely N-dealkylation sites (tertiary alicyclic amines) is 1. The Balaban J connectivity index is 1.27. The lowest BCUT2D eigenvalue weighted by Gasteiger charge is -2.24. The number of benzene rings is 1. The van der Waals surface area contributed by atoms with E-state index in [-0.39, 0.29) is 5.91 Å². The second-order valence-electron chi connectivity index (χ2n) is 10.8. The lowest BCUT2D eigenvalue weighted by atomic mass is 9.92. The Labute approximate surface area is 186 Å². The van der Waals surface area contributed by atoms with Crippen LogP contribution in [0.4, 0.5) is 5.69 Å². The van der Waals surface area contributed by atoms with Crippen LogP contribution in [0, 0.1) is 23.2 Å². The van der Waals surface area contributed by atoms with Crippen LogP contribution < -0.4 is 5.32 Å². The molecule has 0 bridgehead atoms. The molecule has 31 heavy (non-hydrogen) atoms. The van der Waals surface area contributed by atoms with Crippen molar-refractivity contribution < 1.29 is 4.79 Å². The zero-order valence-corrected chi connectivity index (χ0v) is 19.4. The van der Waals surface area contributed by atoms with Gasteiger partial charge in [-0.15, -0.1) is 0 Å². The molecule has 166 valence electrons. The number of hydrogen-bond acceptors (Lipinski definition) is 4. The van der Waals surface area contributed by atoms with E-state index in [1.165, 1.54) is 45.8 Å². The van der Waals surface area contributed by atoms with Crippen molar-refractivity contribution in [3.8, 4) is 11.3 Å². The summed E-state index contributed by atoms with van der Waals surface area (Å²) in [6, 6.07) is 11.9. The predicted molar refractivity (Wildman–Crippen MR) is 126 cm³/mol. The molecule has 2 fully saturated rings. The quantitative estimate of drug-likeness (QED) is 0.711. The third kappa shape index (κ3) is 5.91. The van der Waals surface area contributed by atoms with Crippen LogP contribution in [0.2, 0.25) is 0 Å². The average molecular weight is 421 g/mol. The van der Waals surface area contributed by atoms with Gasteiger partial charge in [0.05, 0.1) is 11.4 Å². The number of amides is 1. The first-order valence-corrected chi connectivity index (χ1v) is 11.7. The largest absolute Gasteiger partial charge is 0.326 e. The van der Waals surface area contributed by atoms with E-state index < -0.39 is 0 Å². The molecule has 1 saturated carbocycles. The van der Waals surface area contributed by atoms with Crippen molar-refractivity contribution in [2.45, 2.75) is 53.4 Å². The van der Waals surface area contributed by atoms with E-state index in [0.717, 1.165) is 46.8 Å². The van der Waals surface area contributed by atoms with Crippen molar-refractivity contribution in [2.75, 3.05) is 25.0 Å². The Hall–Kier alpha value is -2.27. The molecule has 2 heterocycles. The van der Waals surface area contributed by atoms with Gasteiger partial charge < -0.3 is 10.2 Å². The fourth-order valence-corrected chi connectivity index (χ4v) is 5.21. The minimum atomic E-state index is -0.0643. The van der Waals surface area contributed by atoms with Crippen molar-refractivity contribution in [1.82, 2.24) is 15.1 Å². The van der Waals surface area contributed by atoms with Crippen LogP contribution in [-0.4, -0.2) is 40.6 Å². The van der Waals surface area contributed by atoms with Gasteiger partial charge in [-0.1, -0.05) is 32.9 Å². The molecule has 3 atom stereocenters. The van der Waals surface area contributed by atoms with Crippen molar-refractivity contribution in [1.29, 1.82) is 0 Å². The molecular weight excluding hydrogens is 384 g/mol. The van der Waals surface area contributed by atoms with Crippen LogP contribution in [0.1, 0.15) is 52.7 Å². The number of carbonyl (C=O) groups excluding carboxylic acids is 1. The van der Waals surface area contributed by atoms with Gasteiger partial charge in [0.15, 0.2) is 0 Å². The highest BCUT2D eigenvalue weighted by molar-refractivity contribution is 5.88. The van der Waals surface area contributed by atoms with Gasteiger partial charge >= 0.3 is 0 Å². The molecule has 5 nitrogen and oxygen atoms in total. The van der Waals surface area contributed by atoms with Gasteiger partial charge in [0.25, 0.3) is 0 Å². The van der Waals surface area contributed by atoms with Crippen LogP contribution in [0.3, 0.4) is 0 Å². The van der Waals surface area contributed by atoms with E-state index in [1.807, 2.05) is 24.3 Å². The second-order valence-corrected chi connectivity index (χ2v) is 10.8. The summed E-state index contributed by atoms with van der Waals surface area (Å²) in [6.07, 6.45) is 5.01. The Morgan fingerprint density at radius 1 is 1.03 bits per heavy atom. The molecule has 1 amide bonds. The maximum Gasteiger partial charge on any atom is 0.221 e. The Morgan fingerprint density at radius 2 is 1.71 bits per heavy atom. The highest BCUT2D eigenvalue weighted by atomic mass is 16.1. The lowest BCUT2D eigenvalue weighted by Crippen LogP contribution is -2.26. The highest BCUT2D eigenvalue weighted by Crippen LogP contribution is 2.43. The number of nitrogens with one attached hydrogen (secondary N) is 1. The number of rotatable bonds is 6. The van der Waals surface area contributed by atoms with Gasteiger partial charge in [-0.05, 0) is 79.7 Å². The summed E-state index contributed by atoms with van der Waals surface area (Å²) in [7, 11) is 0. The van der Waals surface area contributed by atoms with Gasteiger partial charge in [0, 0.05) is 31.3 Å². The highest BCUT2D eigenvalue weighted by Gasteiger charge is 2.40. The van der Waals surface area contributed by atoms with Crippen molar-refractivity contribution in [2.24, 2.45) is 23.2 Å². The van der Waals surface area contributed by atoms with Gasteiger partial charge in [-0.2, -0.15) is 10.2 Å². The molecule has 1 aromatic carbocycles. The first kappa shape index (κ1) is 21.9. The Bertz CT molecular complexity index is 871. The van der Waals surface area contributed by atoms with E-state index in [1.54, 1.807) is 0 Å². The van der Waals surface area contributed by atoms with Crippen molar-refractivity contribution >= 4 is 11.6 Å². The summed E-state index contributed by atoms with van der Waals surface area (Å²) in [6.45, 7) is 12.4. The average Bonchev–Trinajstić information content (AvgIpc) is 3.25. The molecule has 1 N–H and O–H groups in total. The fraction of sp³-hybridized carbons (Fsp3) is 0.577. The Morgan fingerprint density at radius 3 is 2.26 bits per heavy atom. The molecular formula is C26H36N4O. The number of aromatic nitrogens is 2. The van der Waals surface area contributed by atoms with Crippen molar-refractivity contribution in [3.63, 3.8) is 0 Å². The van der Waals surface area contributed by atoms with E-state index in [4.69, 9.17) is 0 Å². The van der Waals surface area contributed by atoms with E-state index in [9.17, 15) is 4.79 Å². The van der Waals surface area contributed by atoms with E-state index >= 15 is 0 Å². The smallest absolute Gasteiger partial charge is 0.221 e. The molecule has 1 aliphatic heterocycles. The zero-order valence-electron chi connectivity index (χ0n) is 19.4. The van der Waals surface area contributed by atoms with Gasteiger partial charge in [0.1, 0.15) is 0 Å². The van der Waals surface area contributed by atoms with Crippen LogP contribution >= 0.6 is 0 Å². The van der Waals surface area contributed by atoms with E-state index in [0.29, 0.717) is 5.41 Å². The Kier molecular flexibility index (Phi) is 6.42. The fourth-order valence-electron chi connectivity index (χ4n) is 5.21. The molecule has 5 heteroatoms. The molecule has 1 saturated heterocycles. The molecule has 0 radical (unpaired) electrons. The first-order valence-electron chi connectivity index (χ1n) is 11.7. The van der Waals surface area contributed by atoms with Crippen LogP contribution in [0.5, 0.6) is 0 Å². The third-order valence-electron chi connectivity index (χ3n) is 6.82. The number of hydrogen-bond donors (Lipinski definition) is 1. The van der Waals surface area contributed by atoms with Crippen LogP contribution in [-0.2, 0) is 11.2 Å². The summed E-state index contributed by atoms with van der Waals surface area (Å²) >= 11 is 0. The first-order chi connectivity index (χ1) is 14.7. The van der Waals surface area contributed by atoms with Crippen LogP contribution in [0.15, 0.2) is 36.4 Å². The molecule has 2 aromatic rings. The summed E-state index contributed by atoms with van der Waals surface area (Å²) in [5.41, 5.74) is 4.21. The van der Waals surface area contributed by atoms with Crippen LogP contribution in [0.25, 0.3) is 11.3 Å². The number of fused-ring (bicyclic) bond motifs is 1. The predicted octanol–water partition coefficient (Wildman–Crippen LogP) is 5.04. The summed E-state index contributed by atoms with van der Waals surface area (Å²) in [5, 5.41) is 11.8. The summed E-state index contributed by atoms with van der Waals surface area (Å²) < 4.78 is 0. The topological polar surface area (TPSA) is 58.1 Å². The minimum absolute atomic E-state index is 0.0643. The third-order valence-corrected chi connectivity index (χ3v) is 6.82. The molecule has 1 unspecified atom stereocenters. The standard InChI is InChI=1S/C26H36N4O/c1-18(31)27-23-7-5-20(6-8-23)25-10-9-24(28-29-25)15-19-13-21-16-30(17-22(21)14-19)12-11-26(2,3)4/h5-10,19,21-22H,11-17H2,1-4H3,(H,27,31)/t19?,21-,22+. The summed E-state index contributed by atoms with van der Waals surface area (Å²) in [5.74, 6) is 2.43. The monoisotopic (exact) mass is 420 g/mol. The molecule has 1 aromatic heterocycles. The van der Waals surface area contributed by atoms with Gasteiger partial charge in [-0.25, -0.2) is 0 Å². The molecule has 1 aliphatic carbocycles. The maximum absolute atomic E-state index is 11.2. The minimum Gasteiger partial charge on any atom is -0.326 e.